The Bertz CT molecular complexity index is 1230. The molecule has 0 aliphatic carbocycles. The zero-order valence-corrected chi connectivity index (χ0v) is 17.3. The summed E-state index contributed by atoms with van der Waals surface area (Å²) in [5, 5.41) is 11.4. The van der Waals surface area contributed by atoms with E-state index in [1.807, 2.05) is 6.92 Å². The maximum Gasteiger partial charge on any atom is 0.416 e. The normalized spacial score (nSPS) is 12.7. The second-order valence-corrected chi connectivity index (χ2v) is 7.96. The number of nitrogens with zero attached hydrogens (tertiary/aromatic N) is 4. The summed E-state index contributed by atoms with van der Waals surface area (Å²) in [4.78, 5) is 21.7. The number of rotatable bonds is 5. The number of thiazole rings is 1. The number of hydrogen-bond acceptors (Lipinski definition) is 6. The van der Waals surface area contributed by atoms with E-state index in [9.17, 15) is 18.0 Å². The smallest absolute Gasteiger partial charge is 0.343 e. The molecule has 1 aromatic carbocycles. The van der Waals surface area contributed by atoms with Gasteiger partial charge in [-0.05, 0) is 37.3 Å². The first-order valence-corrected chi connectivity index (χ1v) is 10.0. The summed E-state index contributed by atoms with van der Waals surface area (Å²) in [6.07, 6.45) is 0.587. The molecular weight excluding hydrogens is 429 g/mol. The van der Waals surface area contributed by atoms with Gasteiger partial charge in [-0.3, -0.25) is 9.48 Å². The summed E-state index contributed by atoms with van der Waals surface area (Å²) in [6, 6.07) is 6.04. The first kappa shape index (κ1) is 20.8. The van der Waals surface area contributed by atoms with Gasteiger partial charge < -0.3 is 10.6 Å². The molecule has 0 unspecified atom stereocenters. The zero-order chi connectivity index (χ0) is 22.2. The van der Waals surface area contributed by atoms with Crippen molar-refractivity contribution in [3.8, 4) is 0 Å². The molecule has 0 radical (unpaired) electrons. The largest absolute Gasteiger partial charge is 0.416 e. The molecule has 11 heteroatoms. The van der Waals surface area contributed by atoms with Gasteiger partial charge in [0.25, 0.3) is 5.91 Å². The van der Waals surface area contributed by atoms with E-state index in [1.165, 1.54) is 23.5 Å². The number of fused-ring (bicyclic) bond motifs is 1. The van der Waals surface area contributed by atoms with Crippen LogP contribution in [0, 0.1) is 0 Å². The van der Waals surface area contributed by atoms with Crippen LogP contribution in [0.1, 0.15) is 33.9 Å². The molecule has 0 aliphatic rings. The van der Waals surface area contributed by atoms with E-state index in [2.05, 4.69) is 25.7 Å². The van der Waals surface area contributed by atoms with E-state index in [4.69, 9.17) is 0 Å². The maximum absolute atomic E-state index is 12.7. The van der Waals surface area contributed by atoms with Gasteiger partial charge in [0.2, 0.25) is 0 Å². The van der Waals surface area contributed by atoms with Crippen molar-refractivity contribution in [1.29, 1.82) is 0 Å². The zero-order valence-electron chi connectivity index (χ0n) is 16.4. The topological polar surface area (TPSA) is 84.7 Å². The molecule has 7 nitrogen and oxygen atoms in total. The Balaban J connectivity index is 1.41. The summed E-state index contributed by atoms with van der Waals surface area (Å²) in [5.41, 5.74) is 0.750. The lowest BCUT2D eigenvalue weighted by Gasteiger charge is -2.11. The number of halogens is 3. The van der Waals surface area contributed by atoms with E-state index in [-0.39, 0.29) is 17.6 Å². The van der Waals surface area contributed by atoms with Crippen molar-refractivity contribution in [1.82, 2.24) is 25.1 Å². The van der Waals surface area contributed by atoms with Gasteiger partial charge in [0.15, 0.2) is 5.13 Å². The Morgan fingerprint density at radius 2 is 1.90 bits per heavy atom. The predicted octanol–water partition coefficient (Wildman–Crippen LogP) is 4.68. The van der Waals surface area contributed by atoms with Crippen LogP contribution in [0.25, 0.3) is 10.9 Å². The maximum atomic E-state index is 12.7. The fourth-order valence-corrected chi connectivity index (χ4v) is 3.77. The third-order valence-electron chi connectivity index (χ3n) is 4.50. The average molecular weight is 446 g/mol. The number of aromatic nitrogens is 4. The molecule has 0 saturated carbocycles. The fraction of sp³-hybridized carbons (Fsp3) is 0.200. The number of aryl methyl sites for hydroxylation is 1. The van der Waals surface area contributed by atoms with E-state index < -0.39 is 11.7 Å². The molecule has 0 saturated heterocycles. The Kier molecular flexibility index (Phi) is 5.36. The summed E-state index contributed by atoms with van der Waals surface area (Å²) >= 11 is 1.30. The molecule has 0 aliphatic heterocycles. The van der Waals surface area contributed by atoms with Crippen LogP contribution in [0.3, 0.4) is 0 Å². The standard InChI is InChI=1S/C20H17F3N6OS/c1-11(26-18(30)15-7-12-10-29(2)28-16(12)8-24-15)17-9-25-19(31-17)27-14-5-3-13(4-6-14)20(21,22)23/h3-11H,1-2H3,(H,25,27)(H,26,30)/t11-/m1/s1. The van der Waals surface area contributed by atoms with Crippen LogP contribution >= 0.6 is 11.3 Å². The molecule has 0 spiro atoms. The lowest BCUT2D eigenvalue weighted by atomic mass is 10.2. The van der Waals surface area contributed by atoms with E-state index in [0.717, 1.165) is 22.4 Å². The van der Waals surface area contributed by atoms with Crippen molar-refractivity contribution < 1.29 is 18.0 Å². The van der Waals surface area contributed by atoms with Crippen molar-refractivity contribution in [3.63, 3.8) is 0 Å². The number of nitrogens with one attached hydrogen (secondary N) is 2. The highest BCUT2D eigenvalue weighted by molar-refractivity contribution is 7.15. The second-order valence-electron chi connectivity index (χ2n) is 6.89. The third-order valence-corrected chi connectivity index (χ3v) is 5.59. The lowest BCUT2D eigenvalue weighted by molar-refractivity contribution is -0.137. The molecule has 3 heterocycles. The minimum absolute atomic E-state index is 0.278. The first-order valence-electron chi connectivity index (χ1n) is 9.19. The third kappa shape index (κ3) is 4.66. The Morgan fingerprint density at radius 1 is 1.16 bits per heavy atom. The number of carbonyl (C=O) groups is 1. The van der Waals surface area contributed by atoms with E-state index in [1.54, 1.807) is 36.4 Å². The van der Waals surface area contributed by atoms with Crippen LogP contribution in [0.15, 0.2) is 48.9 Å². The summed E-state index contributed by atoms with van der Waals surface area (Å²) < 4.78 is 39.7. The minimum atomic E-state index is -4.38. The molecule has 4 rings (SSSR count). The van der Waals surface area contributed by atoms with Gasteiger partial charge in [0.1, 0.15) is 11.2 Å². The lowest BCUT2D eigenvalue weighted by Crippen LogP contribution is -2.26. The van der Waals surface area contributed by atoms with Crippen molar-refractivity contribution in [2.24, 2.45) is 7.05 Å². The highest BCUT2D eigenvalue weighted by atomic mass is 32.1. The van der Waals surface area contributed by atoms with Crippen molar-refractivity contribution in [3.05, 3.63) is 65.1 Å². The van der Waals surface area contributed by atoms with Gasteiger partial charge in [-0.25, -0.2) is 9.97 Å². The molecule has 31 heavy (non-hydrogen) atoms. The molecular formula is C20H17F3N6OS. The molecule has 1 amide bonds. The molecule has 0 bridgehead atoms. The number of amides is 1. The van der Waals surface area contributed by atoms with Crippen molar-refractivity contribution in [2.75, 3.05) is 5.32 Å². The van der Waals surface area contributed by atoms with E-state index >= 15 is 0 Å². The molecule has 160 valence electrons. The number of pyridine rings is 1. The number of alkyl halides is 3. The van der Waals surface area contributed by atoms with Gasteiger partial charge in [0.05, 0.1) is 17.8 Å². The fourth-order valence-electron chi connectivity index (χ4n) is 2.93. The molecule has 0 fully saturated rings. The van der Waals surface area contributed by atoms with E-state index in [0.29, 0.717) is 16.3 Å². The van der Waals surface area contributed by atoms with Crippen LogP contribution in [-0.4, -0.2) is 25.7 Å². The quantitative estimate of drug-likeness (QED) is 0.465. The number of benzene rings is 1. The van der Waals surface area contributed by atoms with Gasteiger partial charge in [-0.2, -0.15) is 18.3 Å². The molecule has 1 atom stereocenters. The van der Waals surface area contributed by atoms with Crippen molar-refractivity contribution >= 4 is 39.0 Å². The first-order chi connectivity index (χ1) is 14.7. The van der Waals surface area contributed by atoms with Crippen LogP contribution in [0.2, 0.25) is 0 Å². The number of carbonyl (C=O) groups excluding carboxylic acids is 1. The van der Waals surface area contributed by atoms with Crippen LogP contribution in [0.4, 0.5) is 24.0 Å². The van der Waals surface area contributed by atoms with Gasteiger partial charge in [-0.1, -0.05) is 11.3 Å². The molecule has 3 aromatic heterocycles. The molecule has 4 aromatic rings. The van der Waals surface area contributed by atoms with Crippen molar-refractivity contribution in [2.45, 2.75) is 19.1 Å². The SMILES string of the molecule is C[C@@H](NC(=O)c1cc2cn(C)nc2cn1)c1cnc(Nc2ccc(C(F)(F)F)cc2)s1. The number of anilines is 2. The highest BCUT2D eigenvalue weighted by Gasteiger charge is 2.30. The van der Waals surface area contributed by atoms with Crippen LogP contribution in [0.5, 0.6) is 0 Å². The number of hydrogen-bond donors (Lipinski definition) is 2. The minimum Gasteiger partial charge on any atom is -0.343 e. The summed E-state index contributed by atoms with van der Waals surface area (Å²) in [5.74, 6) is -0.330. The summed E-state index contributed by atoms with van der Waals surface area (Å²) in [7, 11) is 1.79. The Labute approximate surface area is 178 Å². The monoisotopic (exact) mass is 446 g/mol. The van der Waals surface area contributed by atoms with Gasteiger partial charge in [0, 0.05) is 35.4 Å². The second kappa shape index (κ2) is 7.99. The van der Waals surface area contributed by atoms with Crippen LogP contribution < -0.4 is 10.6 Å². The van der Waals surface area contributed by atoms with Gasteiger partial charge in [-0.15, -0.1) is 0 Å². The Hall–Kier alpha value is -3.47. The molecule has 2 N–H and O–H groups in total. The van der Waals surface area contributed by atoms with Crippen LogP contribution in [-0.2, 0) is 13.2 Å². The highest BCUT2D eigenvalue weighted by Crippen LogP contribution is 2.31. The average Bonchev–Trinajstić information content (AvgIpc) is 3.32. The van der Waals surface area contributed by atoms with Gasteiger partial charge >= 0.3 is 6.18 Å². The summed E-state index contributed by atoms with van der Waals surface area (Å²) in [6.45, 7) is 1.82. The Morgan fingerprint density at radius 3 is 2.61 bits per heavy atom. The predicted molar refractivity (Wildman–Crippen MR) is 111 cm³/mol.